The molecule has 1 atom stereocenters. The van der Waals surface area contributed by atoms with Crippen molar-refractivity contribution in [3.63, 3.8) is 0 Å². The van der Waals surface area contributed by atoms with Crippen molar-refractivity contribution >= 4 is 21.7 Å². The first-order valence-electron chi connectivity index (χ1n) is 6.79. The highest BCUT2D eigenvalue weighted by Crippen LogP contribution is 2.40. The Morgan fingerprint density at radius 2 is 2.32 bits per heavy atom. The van der Waals surface area contributed by atoms with Crippen molar-refractivity contribution in [2.75, 3.05) is 31.6 Å². The molecule has 1 spiro atoms. The van der Waals surface area contributed by atoms with E-state index in [2.05, 4.69) is 36.5 Å². The third-order valence-electron chi connectivity index (χ3n) is 4.11. The van der Waals surface area contributed by atoms with E-state index in [-0.39, 0.29) is 0 Å². The van der Waals surface area contributed by atoms with Gasteiger partial charge in [0, 0.05) is 12.7 Å². The van der Waals surface area contributed by atoms with Gasteiger partial charge in [-0.25, -0.2) is 9.97 Å². The highest BCUT2D eigenvalue weighted by atomic mass is 79.9. The van der Waals surface area contributed by atoms with Crippen LogP contribution in [0.4, 0.5) is 5.82 Å². The summed E-state index contributed by atoms with van der Waals surface area (Å²) >= 11 is 3.44. The Hall–Kier alpha value is -0.720. The molecular weight excluding hydrogens is 308 g/mol. The van der Waals surface area contributed by atoms with E-state index in [0.29, 0.717) is 11.5 Å². The van der Waals surface area contributed by atoms with Gasteiger partial charge in [-0.15, -0.1) is 0 Å². The summed E-state index contributed by atoms with van der Waals surface area (Å²) < 4.78 is 6.85. The zero-order valence-corrected chi connectivity index (χ0v) is 12.4. The van der Waals surface area contributed by atoms with Crippen molar-refractivity contribution in [3.8, 4) is 0 Å². The van der Waals surface area contributed by atoms with Crippen molar-refractivity contribution in [3.05, 3.63) is 17.0 Å². The van der Waals surface area contributed by atoms with Crippen LogP contribution in [0.15, 0.2) is 17.0 Å². The molecule has 5 nitrogen and oxygen atoms in total. The van der Waals surface area contributed by atoms with Crippen LogP contribution in [-0.2, 0) is 4.74 Å². The fourth-order valence-electron chi connectivity index (χ4n) is 2.99. The first-order valence-corrected chi connectivity index (χ1v) is 7.58. The predicted molar refractivity (Wildman–Crippen MR) is 77.1 cm³/mol. The van der Waals surface area contributed by atoms with Gasteiger partial charge in [-0.05, 0) is 53.7 Å². The smallest absolute Gasteiger partial charge is 0.143 e. The lowest BCUT2D eigenvalue weighted by atomic mass is 9.77. The van der Waals surface area contributed by atoms with Crippen molar-refractivity contribution in [1.82, 2.24) is 15.3 Å². The van der Waals surface area contributed by atoms with Crippen molar-refractivity contribution in [1.29, 1.82) is 0 Å². The number of halogens is 1. The number of hydrogen-bond acceptors (Lipinski definition) is 5. The number of anilines is 1. The summed E-state index contributed by atoms with van der Waals surface area (Å²) in [5.74, 6) is 0.838. The molecular formula is C13H19BrN4O. The van der Waals surface area contributed by atoms with Crippen LogP contribution in [0.3, 0.4) is 0 Å². The van der Waals surface area contributed by atoms with Gasteiger partial charge in [-0.2, -0.15) is 0 Å². The molecule has 1 aromatic heterocycles. The monoisotopic (exact) mass is 326 g/mol. The lowest BCUT2D eigenvalue weighted by Crippen LogP contribution is -2.37. The lowest BCUT2D eigenvalue weighted by molar-refractivity contribution is 0.0924. The fraction of sp³-hybridized carbons (Fsp3) is 0.692. The molecule has 0 aliphatic carbocycles. The Morgan fingerprint density at radius 3 is 3.11 bits per heavy atom. The van der Waals surface area contributed by atoms with Crippen molar-refractivity contribution in [2.24, 2.45) is 5.41 Å². The minimum Gasteiger partial charge on any atom is -0.376 e. The molecule has 0 bridgehead atoms. The molecule has 2 saturated heterocycles. The highest BCUT2D eigenvalue weighted by molar-refractivity contribution is 9.10. The summed E-state index contributed by atoms with van der Waals surface area (Å²) in [7, 11) is 0. The summed E-state index contributed by atoms with van der Waals surface area (Å²) in [6.07, 6.45) is 7.22. The highest BCUT2D eigenvalue weighted by Gasteiger charge is 2.40. The van der Waals surface area contributed by atoms with Crippen LogP contribution >= 0.6 is 15.9 Å². The van der Waals surface area contributed by atoms with Crippen molar-refractivity contribution < 1.29 is 4.74 Å². The summed E-state index contributed by atoms with van der Waals surface area (Å²) in [4.78, 5) is 8.17. The molecule has 6 heteroatoms. The standard InChI is InChI=1S/C13H19BrN4O/c14-11-7-16-9-18-12(11)17-6-10-5-13(8-19-10)1-3-15-4-2-13/h7,9-10,15H,1-6,8H2,(H,16,17,18). The molecule has 0 aromatic carbocycles. The first-order chi connectivity index (χ1) is 9.27. The van der Waals surface area contributed by atoms with Crippen LogP contribution < -0.4 is 10.6 Å². The van der Waals surface area contributed by atoms with Crippen LogP contribution in [0.25, 0.3) is 0 Å². The molecule has 2 aliphatic heterocycles. The number of nitrogens with one attached hydrogen (secondary N) is 2. The fourth-order valence-corrected chi connectivity index (χ4v) is 3.35. The molecule has 1 unspecified atom stereocenters. The van der Waals surface area contributed by atoms with Gasteiger partial charge >= 0.3 is 0 Å². The largest absolute Gasteiger partial charge is 0.376 e. The maximum absolute atomic E-state index is 5.96. The summed E-state index contributed by atoms with van der Waals surface area (Å²) in [5.41, 5.74) is 0.417. The Labute approximate surface area is 121 Å². The summed E-state index contributed by atoms with van der Waals surface area (Å²) in [6.45, 7) is 3.97. The van der Waals surface area contributed by atoms with Gasteiger partial charge in [-0.1, -0.05) is 0 Å². The SMILES string of the molecule is Brc1cncnc1NCC1CC2(CCNCC2)CO1. The van der Waals surface area contributed by atoms with E-state index in [0.717, 1.165) is 43.0 Å². The number of ether oxygens (including phenoxy) is 1. The Balaban J connectivity index is 1.53. The molecule has 19 heavy (non-hydrogen) atoms. The van der Waals surface area contributed by atoms with Gasteiger partial charge in [0.25, 0.3) is 0 Å². The van der Waals surface area contributed by atoms with Gasteiger partial charge in [-0.3, -0.25) is 0 Å². The molecule has 3 rings (SSSR count). The van der Waals surface area contributed by atoms with Gasteiger partial charge in [0.05, 0.1) is 17.2 Å². The molecule has 104 valence electrons. The molecule has 2 aliphatic rings. The summed E-state index contributed by atoms with van der Waals surface area (Å²) in [5, 5.41) is 6.76. The number of rotatable bonds is 3. The van der Waals surface area contributed by atoms with E-state index >= 15 is 0 Å². The molecule has 0 amide bonds. The Bertz CT molecular complexity index is 436. The quantitative estimate of drug-likeness (QED) is 0.887. The zero-order valence-electron chi connectivity index (χ0n) is 10.9. The van der Waals surface area contributed by atoms with E-state index in [4.69, 9.17) is 4.74 Å². The number of nitrogens with zero attached hydrogens (tertiary/aromatic N) is 2. The first kappa shape index (κ1) is 13.3. The molecule has 2 N–H and O–H groups in total. The summed E-state index contributed by atoms with van der Waals surface area (Å²) in [6, 6.07) is 0. The van der Waals surface area contributed by atoms with E-state index in [9.17, 15) is 0 Å². The maximum Gasteiger partial charge on any atom is 0.143 e. The maximum atomic E-state index is 5.96. The minimum absolute atomic E-state index is 0.292. The van der Waals surface area contributed by atoms with E-state index in [1.54, 1.807) is 12.5 Å². The Kier molecular flexibility index (Phi) is 4.00. The molecule has 3 heterocycles. The van der Waals surface area contributed by atoms with Gasteiger partial charge in [0.2, 0.25) is 0 Å². The lowest BCUT2D eigenvalue weighted by Gasteiger charge is -2.32. The topological polar surface area (TPSA) is 59.1 Å². The normalized spacial score (nSPS) is 25.6. The molecule has 2 fully saturated rings. The van der Waals surface area contributed by atoms with Crippen LogP contribution in [0.2, 0.25) is 0 Å². The van der Waals surface area contributed by atoms with Crippen LogP contribution in [-0.4, -0.2) is 42.3 Å². The van der Waals surface area contributed by atoms with Gasteiger partial charge < -0.3 is 15.4 Å². The zero-order chi connectivity index (χ0) is 13.1. The number of aromatic nitrogens is 2. The van der Waals surface area contributed by atoms with Crippen LogP contribution in [0.1, 0.15) is 19.3 Å². The van der Waals surface area contributed by atoms with Crippen LogP contribution in [0.5, 0.6) is 0 Å². The predicted octanol–water partition coefficient (Wildman–Crippen LogP) is 1.81. The molecule has 1 aromatic rings. The minimum atomic E-state index is 0.292. The second-order valence-corrected chi connectivity index (χ2v) is 6.34. The van der Waals surface area contributed by atoms with E-state index in [1.807, 2.05) is 0 Å². The van der Waals surface area contributed by atoms with Gasteiger partial charge in [0.15, 0.2) is 0 Å². The number of piperidine rings is 1. The number of hydrogen-bond donors (Lipinski definition) is 2. The Morgan fingerprint density at radius 1 is 1.47 bits per heavy atom. The third-order valence-corrected chi connectivity index (χ3v) is 4.70. The second kappa shape index (κ2) is 5.73. The molecule has 0 saturated carbocycles. The van der Waals surface area contributed by atoms with E-state index in [1.165, 1.54) is 12.8 Å². The molecule has 0 radical (unpaired) electrons. The van der Waals surface area contributed by atoms with Crippen molar-refractivity contribution in [2.45, 2.75) is 25.4 Å². The average Bonchev–Trinajstić information content (AvgIpc) is 2.82. The van der Waals surface area contributed by atoms with E-state index < -0.39 is 0 Å². The third kappa shape index (κ3) is 3.07. The second-order valence-electron chi connectivity index (χ2n) is 5.49. The van der Waals surface area contributed by atoms with Crippen LogP contribution in [0, 0.1) is 5.41 Å². The average molecular weight is 327 g/mol. The van der Waals surface area contributed by atoms with Gasteiger partial charge in [0.1, 0.15) is 12.1 Å².